The maximum atomic E-state index is 14.5. The zero-order valence-electron chi connectivity index (χ0n) is 17.0. The Bertz CT molecular complexity index is 1100. The molecule has 31 heavy (non-hydrogen) atoms. The maximum Gasteiger partial charge on any atom is 0.455 e. The van der Waals surface area contributed by atoms with E-state index in [1.807, 2.05) is 6.07 Å². The summed E-state index contributed by atoms with van der Waals surface area (Å²) in [4.78, 5) is 4.11. The maximum absolute atomic E-state index is 14.5. The molecule has 3 aromatic carbocycles. The van der Waals surface area contributed by atoms with Gasteiger partial charge >= 0.3 is 11.9 Å². The summed E-state index contributed by atoms with van der Waals surface area (Å²) in [5, 5.41) is 3.03. The smallest absolute Gasteiger partial charge is 0.455 e. The first-order valence-electron chi connectivity index (χ1n) is 9.84. The van der Waals surface area contributed by atoms with Gasteiger partial charge < -0.3 is 14.8 Å². The predicted molar refractivity (Wildman–Crippen MR) is 114 cm³/mol. The molecule has 0 fully saturated rings. The zero-order valence-corrected chi connectivity index (χ0v) is 17.0. The van der Waals surface area contributed by atoms with Gasteiger partial charge in [0.15, 0.2) is 0 Å². The van der Waals surface area contributed by atoms with Crippen LogP contribution < -0.4 is 14.8 Å². The molecule has 0 saturated carbocycles. The molecule has 4 rings (SSSR count). The summed E-state index contributed by atoms with van der Waals surface area (Å²) in [5.74, 6) is 0.521. The molecule has 0 aromatic heterocycles. The number of aliphatic imine (C=N–C) groups is 1. The normalized spacial score (nSPS) is 17.9. The van der Waals surface area contributed by atoms with Gasteiger partial charge in [-0.1, -0.05) is 48.0 Å². The number of hydrogen-bond donors (Lipinski definition) is 1. The van der Waals surface area contributed by atoms with Crippen molar-refractivity contribution >= 4 is 11.5 Å². The molecule has 0 aliphatic carbocycles. The van der Waals surface area contributed by atoms with Gasteiger partial charge in [0.25, 0.3) is 0 Å². The van der Waals surface area contributed by atoms with Crippen LogP contribution in [0.2, 0.25) is 0 Å². The van der Waals surface area contributed by atoms with Crippen molar-refractivity contribution in [2.45, 2.75) is 25.7 Å². The zero-order chi connectivity index (χ0) is 22.1. The fourth-order valence-corrected chi connectivity index (χ4v) is 3.38. The SMILES string of the molecule is CCOc1ccc2c(c1)O[C@](c1ccc(C)cc1)(C(F)(F)F)N=C2Nc1ccccc1. The number of hydrogen-bond acceptors (Lipinski definition) is 4. The molecule has 0 amide bonds. The first kappa shape index (κ1) is 20.8. The van der Waals surface area contributed by atoms with E-state index in [-0.39, 0.29) is 17.1 Å². The van der Waals surface area contributed by atoms with Crippen molar-refractivity contribution in [1.29, 1.82) is 0 Å². The number of amidine groups is 1. The molecule has 0 bridgehead atoms. The minimum atomic E-state index is -4.81. The average Bonchev–Trinajstić information content (AvgIpc) is 2.74. The Labute approximate surface area is 178 Å². The van der Waals surface area contributed by atoms with Gasteiger partial charge in [-0.2, -0.15) is 13.2 Å². The van der Waals surface area contributed by atoms with Crippen LogP contribution in [-0.4, -0.2) is 18.6 Å². The molecule has 7 heteroatoms. The van der Waals surface area contributed by atoms with Crippen molar-refractivity contribution in [3.8, 4) is 11.5 Å². The molecule has 1 N–H and O–H groups in total. The summed E-state index contributed by atoms with van der Waals surface area (Å²) in [6.07, 6.45) is -4.81. The van der Waals surface area contributed by atoms with Gasteiger partial charge in [-0.3, -0.25) is 0 Å². The number of aryl methyl sites for hydroxylation is 1. The van der Waals surface area contributed by atoms with E-state index in [0.29, 0.717) is 23.6 Å². The Morgan fingerprint density at radius 3 is 2.35 bits per heavy atom. The van der Waals surface area contributed by atoms with E-state index in [9.17, 15) is 13.2 Å². The lowest BCUT2D eigenvalue weighted by molar-refractivity contribution is -0.252. The van der Waals surface area contributed by atoms with Gasteiger partial charge in [0.2, 0.25) is 0 Å². The first-order valence-corrected chi connectivity index (χ1v) is 9.84. The van der Waals surface area contributed by atoms with Gasteiger partial charge in [-0.15, -0.1) is 0 Å². The third-order valence-electron chi connectivity index (χ3n) is 4.91. The highest BCUT2D eigenvalue weighted by molar-refractivity contribution is 6.11. The second-order valence-electron chi connectivity index (χ2n) is 7.15. The molecule has 3 aromatic rings. The predicted octanol–water partition coefficient (Wildman–Crippen LogP) is 6.06. The van der Waals surface area contributed by atoms with Crippen LogP contribution in [0.5, 0.6) is 11.5 Å². The summed E-state index contributed by atoms with van der Waals surface area (Å²) in [5.41, 5.74) is -1.13. The summed E-state index contributed by atoms with van der Waals surface area (Å²) in [6.45, 7) is 3.99. The lowest BCUT2D eigenvalue weighted by atomic mass is 9.98. The number of nitrogens with zero attached hydrogens (tertiary/aromatic N) is 1. The van der Waals surface area contributed by atoms with Gasteiger partial charge in [-0.25, -0.2) is 4.99 Å². The minimum Gasteiger partial charge on any atom is -0.494 e. The molecule has 1 aliphatic rings. The quantitative estimate of drug-likeness (QED) is 0.551. The highest BCUT2D eigenvalue weighted by atomic mass is 19.4. The number of benzene rings is 3. The van der Waals surface area contributed by atoms with Gasteiger partial charge in [0, 0.05) is 17.3 Å². The van der Waals surface area contributed by atoms with Crippen LogP contribution in [0.4, 0.5) is 18.9 Å². The molecular formula is C24H21F3N2O2. The topological polar surface area (TPSA) is 42.9 Å². The van der Waals surface area contributed by atoms with Crippen LogP contribution in [0, 0.1) is 6.92 Å². The molecular weight excluding hydrogens is 405 g/mol. The highest BCUT2D eigenvalue weighted by Gasteiger charge is 2.61. The number of rotatable bonds is 4. The van der Waals surface area contributed by atoms with Crippen LogP contribution in [-0.2, 0) is 5.72 Å². The Kier molecular flexibility index (Phi) is 5.35. The Balaban J connectivity index is 1.91. The van der Waals surface area contributed by atoms with Gasteiger partial charge in [0.1, 0.15) is 17.3 Å². The van der Waals surface area contributed by atoms with Crippen LogP contribution in [0.25, 0.3) is 0 Å². The molecule has 1 heterocycles. The van der Waals surface area contributed by atoms with E-state index in [1.165, 1.54) is 18.2 Å². The van der Waals surface area contributed by atoms with Crippen molar-refractivity contribution < 1.29 is 22.6 Å². The van der Waals surface area contributed by atoms with Crippen LogP contribution in [0.1, 0.15) is 23.6 Å². The number of para-hydroxylation sites is 1. The molecule has 0 unspecified atom stereocenters. The number of anilines is 1. The lowest BCUT2D eigenvalue weighted by Crippen LogP contribution is -2.49. The van der Waals surface area contributed by atoms with E-state index in [4.69, 9.17) is 9.47 Å². The summed E-state index contributed by atoms with van der Waals surface area (Å²) in [7, 11) is 0. The highest BCUT2D eigenvalue weighted by Crippen LogP contribution is 2.48. The van der Waals surface area contributed by atoms with Crippen LogP contribution in [0.3, 0.4) is 0 Å². The number of alkyl halides is 3. The van der Waals surface area contributed by atoms with Crippen molar-refractivity contribution in [2.24, 2.45) is 4.99 Å². The fraction of sp³-hybridized carbons (Fsp3) is 0.208. The monoisotopic (exact) mass is 426 g/mol. The lowest BCUT2D eigenvalue weighted by Gasteiger charge is -2.37. The minimum absolute atomic E-state index is 0.0391. The van der Waals surface area contributed by atoms with Crippen molar-refractivity contribution in [1.82, 2.24) is 0 Å². The largest absolute Gasteiger partial charge is 0.494 e. The van der Waals surface area contributed by atoms with E-state index in [1.54, 1.807) is 62.4 Å². The van der Waals surface area contributed by atoms with Gasteiger partial charge in [-0.05, 0) is 38.1 Å². The fourth-order valence-electron chi connectivity index (χ4n) is 3.38. The molecule has 4 nitrogen and oxygen atoms in total. The van der Waals surface area contributed by atoms with E-state index >= 15 is 0 Å². The molecule has 0 spiro atoms. The van der Waals surface area contributed by atoms with E-state index < -0.39 is 11.9 Å². The van der Waals surface area contributed by atoms with Crippen molar-refractivity contribution in [2.75, 3.05) is 11.9 Å². The summed E-state index contributed by atoms with van der Waals surface area (Å²) in [6, 6.07) is 19.7. The summed E-state index contributed by atoms with van der Waals surface area (Å²) < 4.78 is 54.8. The number of ether oxygens (including phenoxy) is 2. The number of halogens is 3. The Morgan fingerprint density at radius 1 is 1.00 bits per heavy atom. The second-order valence-corrected chi connectivity index (χ2v) is 7.15. The van der Waals surface area contributed by atoms with Crippen molar-refractivity contribution in [3.63, 3.8) is 0 Å². The standard InChI is InChI=1S/C24H21F3N2O2/c1-3-30-19-13-14-20-21(15-19)31-23(24(25,26)27,17-11-9-16(2)10-12-17)29-22(20)28-18-7-5-4-6-8-18/h4-15H,3H2,1-2H3,(H,28,29)/t23-/m1/s1. The third kappa shape index (κ3) is 3.95. The van der Waals surface area contributed by atoms with Crippen molar-refractivity contribution in [3.05, 3.63) is 89.5 Å². The molecule has 0 radical (unpaired) electrons. The molecule has 160 valence electrons. The second kappa shape index (κ2) is 7.98. The third-order valence-corrected chi connectivity index (χ3v) is 4.91. The van der Waals surface area contributed by atoms with Crippen LogP contribution in [0.15, 0.2) is 77.8 Å². The van der Waals surface area contributed by atoms with Crippen LogP contribution >= 0.6 is 0 Å². The van der Waals surface area contributed by atoms with Gasteiger partial charge in [0.05, 0.1) is 12.2 Å². The number of fused-ring (bicyclic) bond motifs is 1. The Morgan fingerprint density at radius 2 is 1.71 bits per heavy atom. The number of nitrogens with one attached hydrogen (secondary N) is 1. The summed E-state index contributed by atoms with van der Waals surface area (Å²) >= 11 is 0. The molecule has 1 atom stereocenters. The van der Waals surface area contributed by atoms with E-state index in [0.717, 1.165) is 5.56 Å². The van der Waals surface area contributed by atoms with E-state index in [2.05, 4.69) is 10.3 Å². The average molecular weight is 426 g/mol. The molecule has 0 saturated heterocycles. The Hall–Kier alpha value is -3.48. The first-order chi connectivity index (χ1) is 14.8. The molecule has 1 aliphatic heterocycles.